The van der Waals surface area contributed by atoms with Gasteiger partial charge in [-0.05, 0) is 31.2 Å². The molecule has 0 amide bonds. The van der Waals surface area contributed by atoms with Gasteiger partial charge < -0.3 is 4.74 Å². The Balaban J connectivity index is 1.84. The van der Waals surface area contributed by atoms with Crippen molar-refractivity contribution in [1.82, 2.24) is 5.01 Å². The van der Waals surface area contributed by atoms with Gasteiger partial charge in [-0.15, -0.1) is 0 Å². The molecule has 152 valence electrons. The molecule has 30 heavy (non-hydrogen) atoms. The highest BCUT2D eigenvalue weighted by molar-refractivity contribution is 8.27. The molecule has 0 radical (unpaired) electrons. The van der Waals surface area contributed by atoms with Gasteiger partial charge >= 0.3 is 5.97 Å². The molecule has 0 bridgehead atoms. The molecule has 0 N–H and O–H groups in total. The highest BCUT2D eigenvalue weighted by atomic mass is 32.2. The molecule has 4 rings (SSSR count). The summed E-state index contributed by atoms with van der Waals surface area (Å²) in [6, 6.07) is 15.2. The standard InChI is InChI=1S/C21H18N4O4S/c1-3-29-20(26)17-13(2)22-21-24(23-19(30-21)14-8-5-4-6-9-14)18(17)15-10-7-11-16(12-15)25(27)28/h4-12,18H,3H2,1-2H3. The topological polar surface area (TPSA) is 97.4 Å². The maximum Gasteiger partial charge on any atom is 0.338 e. The van der Waals surface area contributed by atoms with Crippen LogP contribution in [0.3, 0.4) is 0 Å². The third kappa shape index (κ3) is 3.59. The quantitative estimate of drug-likeness (QED) is 0.406. The number of hydrogen-bond donors (Lipinski definition) is 0. The second kappa shape index (κ2) is 8.11. The summed E-state index contributed by atoms with van der Waals surface area (Å²) in [6.45, 7) is 3.67. The van der Waals surface area contributed by atoms with Gasteiger partial charge in [0.05, 0.1) is 22.8 Å². The van der Waals surface area contributed by atoms with E-state index in [1.165, 1.54) is 23.9 Å². The van der Waals surface area contributed by atoms with Crippen molar-refractivity contribution in [2.45, 2.75) is 19.9 Å². The fourth-order valence-corrected chi connectivity index (χ4v) is 4.32. The molecule has 2 aliphatic heterocycles. The molecule has 2 heterocycles. The number of carbonyl (C=O) groups excluding carboxylic acids is 1. The number of nitrogens with zero attached hydrogens (tertiary/aromatic N) is 4. The predicted octanol–water partition coefficient (Wildman–Crippen LogP) is 4.25. The van der Waals surface area contributed by atoms with Crippen molar-refractivity contribution in [3.05, 3.63) is 87.1 Å². The molecular formula is C21H18N4O4S. The minimum Gasteiger partial charge on any atom is -0.463 e. The molecule has 1 atom stereocenters. The van der Waals surface area contributed by atoms with Crippen LogP contribution in [0.25, 0.3) is 0 Å². The fraction of sp³-hybridized carbons (Fsp3) is 0.190. The predicted molar refractivity (Wildman–Crippen MR) is 115 cm³/mol. The number of aliphatic imine (C=N–C) groups is 1. The fourth-order valence-electron chi connectivity index (χ4n) is 3.34. The van der Waals surface area contributed by atoms with E-state index in [4.69, 9.17) is 9.84 Å². The van der Waals surface area contributed by atoms with Crippen LogP contribution in [0.2, 0.25) is 0 Å². The molecule has 2 aromatic rings. The first-order chi connectivity index (χ1) is 14.5. The van der Waals surface area contributed by atoms with E-state index in [9.17, 15) is 14.9 Å². The van der Waals surface area contributed by atoms with Gasteiger partial charge in [0.25, 0.3) is 5.69 Å². The third-order valence-electron chi connectivity index (χ3n) is 4.67. The summed E-state index contributed by atoms with van der Waals surface area (Å²) in [5, 5.41) is 19.0. The summed E-state index contributed by atoms with van der Waals surface area (Å²) in [7, 11) is 0. The number of esters is 1. The van der Waals surface area contributed by atoms with Crippen LogP contribution in [0.5, 0.6) is 0 Å². The minimum atomic E-state index is -0.676. The molecular weight excluding hydrogens is 404 g/mol. The van der Waals surface area contributed by atoms with Crippen LogP contribution in [0.15, 0.2) is 76.0 Å². The molecule has 0 aromatic heterocycles. The number of thioether (sulfide) groups is 1. The third-order valence-corrected chi connectivity index (χ3v) is 5.64. The number of nitro groups is 1. The van der Waals surface area contributed by atoms with Crippen LogP contribution >= 0.6 is 11.8 Å². The number of amidine groups is 1. The second-order valence-corrected chi connectivity index (χ2v) is 7.54. The Labute approximate surface area is 177 Å². The highest BCUT2D eigenvalue weighted by Gasteiger charge is 2.41. The number of fused-ring (bicyclic) bond motifs is 1. The first-order valence-corrected chi connectivity index (χ1v) is 10.1. The SMILES string of the molecule is CCOC(=O)C1=C(C)N=C2SC(c3ccccc3)=NN2C1c1cccc([N+](=O)[O-])c1. The average Bonchev–Trinajstić information content (AvgIpc) is 3.17. The maximum absolute atomic E-state index is 12.8. The van der Waals surface area contributed by atoms with Crippen LogP contribution in [0.1, 0.15) is 31.0 Å². The van der Waals surface area contributed by atoms with Gasteiger partial charge in [0, 0.05) is 17.7 Å². The lowest BCUT2D eigenvalue weighted by Crippen LogP contribution is -2.34. The van der Waals surface area contributed by atoms with E-state index in [2.05, 4.69) is 4.99 Å². The molecule has 2 aromatic carbocycles. The van der Waals surface area contributed by atoms with Crippen LogP contribution in [-0.4, -0.2) is 32.7 Å². The normalized spacial score (nSPS) is 17.9. The largest absolute Gasteiger partial charge is 0.463 e. The van der Waals surface area contributed by atoms with Crippen molar-refractivity contribution < 1.29 is 14.5 Å². The molecule has 0 spiro atoms. The van der Waals surface area contributed by atoms with Gasteiger partial charge in [0.15, 0.2) is 5.17 Å². The van der Waals surface area contributed by atoms with Crippen molar-refractivity contribution in [1.29, 1.82) is 0 Å². The van der Waals surface area contributed by atoms with Gasteiger partial charge in [-0.25, -0.2) is 14.8 Å². The summed E-state index contributed by atoms with van der Waals surface area (Å²) >= 11 is 1.39. The minimum absolute atomic E-state index is 0.0588. The van der Waals surface area contributed by atoms with Gasteiger partial charge in [0.1, 0.15) is 11.1 Å². The highest BCUT2D eigenvalue weighted by Crippen LogP contribution is 2.42. The lowest BCUT2D eigenvalue weighted by Gasteiger charge is -2.31. The zero-order valence-electron chi connectivity index (χ0n) is 16.3. The molecule has 0 saturated carbocycles. The number of allylic oxidation sites excluding steroid dienone is 1. The number of non-ortho nitro benzene ring substituents is 1. The van der Waals surface area contributed by atoms with Crippen LogP contribution in [-0.2, 0) is 9.53 Å². The van der Waals surface area contributed by atoms with E-state index < -0.39 is 16.9 Å². The molecule has 0 aliphatic carbocycles. The number of ether oxygens (including phenoxy) is 1. The first-order valence-electron chi connectivity index (χ1n) is 9.31. The van der Waals surface area contributed by atoms with E-state index in [1.807, 2.05) is 30.3 Å². The lowest BCUT2D eigenvalue weighted by molar-refractivity contribution is -0.384. The molecule has 1 unspecified atom stereocenters. The van der Waals surface area contributed by atoms with Crippen molar-refractivity contribution in [2.24, 2.45) is 10.1 Å². The number of nitro benzene ring substituents is 1. The van der Waals surface area contributed by atoms with E-state index >= 15 is 0 Å². The van der Waals surface area contributed by atoms with Gasteiger partial charge in [-0.1, -0.05) is 42.5 Å². The molecule has 0 saturated heterocycles. The summed E-state index contributed by atoms with van der Waals surface area (Å²) in [6.07, 6.45) is 0. The molecule has 8 nitrogen and oxygen atoms in total. The Kier molecular flexibility index (Phi) is 5.37. The van der Waals surface area contributed by atoms with Crippen LogP contribution in [0.4, 0.5) is 5.69 Å². The summed E-state index contributed by atoms with van der Waals surface area (Å²) in [5.74, 6) is -0.511. The summed E-state index contributed by atoms with van der Waals surface area (Å²) < 4.78 is 5.26. The number of rotatable bonds is 5. The summed E-state index contributed by atoms with van der Waals surface area (Å²) in [4.78, 5) is 28.2. The Morgan fingerprint density at radius 1 is 1.23 bits per heavy atom. The monoisotopic (exact) mass is 422 g/mol. The molecule has 9 heteroatoms. The average molecular weight is 422 g/mol. The zero-order valence-corrected chi connectivity index (χ0v) is 17.1. The smallest absolute Gasteiger partial charge is 0.338 e. The second-order valence-electron chi connectivity index (χ2n) is 6.59. The van der Waals surface area contributed by atoms with Crippen molar-refractivity contribution >= 4 is 33.6 Å². The van der Waals surface area contributed by atoms with E-state index in [-0.39, 0.29) is 12.3 Å². The van der Waals surface area contributed by atoms with Crippen molar-refractivity contribution in [2.75, 3.05) is 6.61 Å². The molecule has 2 aliphatic rings. The number of benzene rings is 2. The maximum atomic E-state index is 12.8. The number of hydrazone groups is 1. The van der Waals surface area contributed by atoms with Gasteiger partial charge in [-0.3, -0.25) is 10.1 Å². The van der Waals surface area contributed by atoms with Crippen molar-refractivity contribution in [3.63, 3.8) is 0 Å². The van der Waals surface area contributed by atoms with Crippen LogP contribution < -0.4 is 0 Å². The number of carbonyl (C=O) groups is 1. The number of hydrogen-bond acceptors (Lipinski definition) is 8. The first kappa shape index (κ1) is 19.8. The van der Waals surface area contributed by atoms with E-state index in [0.29, 0.717) is 22.0 Å². The summed E-state index contributed by atoms with van der Waals surface area (Å²) in [5.41, 5.74) is 2.26. The van der Waals surface area contributed by atoms with Gasteiger partial charge in [-0.2, -0.15) is 5.10 Å². The van der Waals surface area contributed by atoms with Crippen molar-refractivity contribution in [3.8, 4) is 0 Å². The Hall–Kier alpha value is -3.46. The van der Waals surface area contributed by atoms with E-state index in [1.54, 1.807) is 31.0 Å². The molecule has 0 fully saturated rings. The zero-order chi connectivity index (χ0) is 21.3. The Bertz CT molecular complexity index is 1110. The lowest BCUT2D eigenvalue weighted by atomic mass is 9.95. The van der Waals surface area contributed by atoms with Crippen LogP contribution in [0, 0.1) is 10.1 Å². The Morgan fingerprint density at radius 3 is 2.70 bits per heavy atom. The van der Waals surface area contributed by atoms with Gasteiger partial charge in [0.2, 0.25) is 0 Å². The van der Waals surface area contributed by atoms with E-state index in [0.717, 1.165) is 10.6 Å². The Morgan fingerprint density at radius 2 is 2.00 bits per heavy atom.